The number of ether oxygens (including phenoxy) is 2. The number of nitrogens with zero attached hydrogens (tertiary/aromatic N) is 3. The number of nitrogens with one attached hydrogen (secondary N) is 1. The van der Waals surface area contributed by atoms with Crippen molar-refractivity contribution < 1.29 is 9.47 Å². The zero-order chi connectivity index (χ0) is 19.3. The van der Waals surface area contributed by atoms with Crippen molar-refractivity contribution in [3.63, 3.8) is 0 Å². The maximum Gasteiger partial charge on any atom is 0.223 e. The molecule has 6 nitrogen and oxygen atoms in total. The van der Waals surface area contributed by atoms with Crippen molar-refractivity contribution in [2.24, 2.45) is 7.05 Å². The molecule has 0 saturated carbocycles. The maximum absolute atomic E-state index is 6.01. The minimum absolute atomic E-state index is 0.560. The van der Waals surface area contributed by atoms with Crippen LogP contribution in [-0.2, 0) is 20.1 Å². The van der Waals surface area contributed by atoms with Gasteiger partial charge in [-0.3, -0.25) is 0 Å². The number of para-hydroxylation sites is 4. The molecule has 4 aromatic rings. The first kappa shape index (κ1) is 18.0. The van der Waals surface area contributed by atoms with E-state index in [-0.39, 0.29) is 0 Å². The van der Waals surface area contributed by atoms with Gasteiger partial charge in [0, 0.05) is 25.4 Å². The molecule has 0 spiro atoms. The molecule has 6 heteroatoms. The minimum Gasteiger partial charge on any atom is -0.493 e. The molecule has 2 heterocycles. The molecule has 28 heavy (non-hydrogen) atoms. The van der Waals surface area contributed by atoms with Crippen molar-refractivity contribution in [1.29, 1.82) is 0 Å². The number of aromatic nitrogens is 3. The fourth-order valence-corrected chi connectivity index (χ4v) is 3.12. The van der Waals surface area contributed by atoms with Crippen molar-refractivity contribution in [3.05, 3.63) is 78.2 Å². The Morgan fingerprint density at radius 3 is 2.54 bits per heavy atom. The average Bonchev–Trinajstić information content (AvgIpc) is 3.05. The van der Waals surface area contributed by atoms with Gasteiger partial charge in [-0.25, -0.2) is 9.97 Å². The van der Waals surface area contributed by atoms with E-state index < -0.39 is 0 Å². The molecule has 0 aliphatic heterocycles. The van der Waals surface area contributed by atoms with Crippen LogP contribution in [0.15, 0.2) is 66.9 Å². The number of rotatable bonds is 7. The third-order valence-corrected chi connectivity index (χ3v) is 4.60. The lowest BCUT2D eigenvalue weighted by atomic mass is 10.2. The van der Waals surface area contributed by atoms with Crippen LogP contribution in [0.5, 0.6) is 17.4 Å². The van der Waals surface area contributed by atoms with Crippen LogP contribution < -0.4 is 14.8 Å². The van der Waals surface area contributed by atoms with Crippen LogP contribution in [0, 0.1) is 0 Å². The molecule has 0 aliphatic rings. The lowest BCUT2D eigenvalue weighted by Gasteiger charge is -2.13. The van der Waals surface area contributed by atoms with Crippen LogP contribution in [0.4, 0.5) is 0 Å². The minimum atomic E-state index is 0.560. The Labute approximate surface area is 163 Å². The number of hydrogen-bond acceptors (Lipinski definition) is 5. The van der Waals surface area contributed by atoms with Gasteiger partial charge >= 0.3 is 0 Å². The number of aryl methyl sites for hydroxylation is 1. The zero-order valence-electron chi connectivity index (χ0n) is 15.9. The molecule has 0 aliphatic carbocycles. The van der Waals surface area contributed by atoms with Gasteiger partial charge in [-0.1, -0.05) is 30.3 Å². The predicted octanol–water partition coefficient (Wildman–Crippen LogP) is 4.06. The summed E-state index contributed by atoms with van der Waals surface area (Å²) in [7, 11) is 3.66. The molecular weight excluding hydrogens is 352 g/mol. The summed E-state index contributed by atoms with van der Waals surface area (Å²) in [5.74, 6) is 2.86. The topological polar surface area (TPSA) is 61.2 Å². The van der Waals surface area contributed by atoms with Crippen molar-refractivity contribution >= 4 is 11.0 Å². The molecule has 0 fully saturated rings. The fraction of sp³-hybridized carbons (Fsp3) is 0.182. The summed E-state index contributed by atoms with van der Waals surface area (Å²) in [6, 6.07) is 19.6. The summed E-state index contributed by atoms with van der Waals surface area (Å²) in [5, 5.41) is 3.44. The second-order valence-electron chi connectivity index (χ2n) is 6.40. The molecule has 142 valence electrons. The zero-order valence-corrected chi connectivity index (χ0v) is 15.9. The highest BCUT2D eigenvalue weighted by Crippen LogP contribution is 2.31. The number of pyridine rings is 1. The molecule has 2 aromatic heterocycles. The van der Waals surface area contributed by atoms with Gasteiger partial charge < -0.3 is 19.4 Å². The van der Waals surface area contributed by atoms with E-state index >= 15 is 0 Å². The molecular formula is C22H22N4O2. The largest absolute Gasteiger partial charge is 0.493 e. The third kappa shape index (κ3) is 3.68. The van der Waals surface area contributed by atoms with E-state index in [2.05, 4.69) is 20.9 Å². The Hall–Kier alpha value is -3.38. The Kier molecular flexibility index (Phi) is 5.21. The Bertz CT molecular complexity index is 1090. The van der Waals surface area contributed by atoms with E-state index in [0.717, 1.165) is 22.4 Å². The average molecular weight is 374 g/mol. The highest BCUT2D eigenvalue weighted by atomic mass is 16.5. The lowest BCUT2D eigenvalue weighted by Crippen LogP contribution is -2.16. The van der Waals surface area contributed by atoms with Crippen LogP contribution in [0.3, 0.4) is 0 Å². The van der Waals surface area contributed by atoms with E-state index in [4.69, 9.17) is 14.5 Å². The quantitative estimate of drug-likeness (QED) is 0.529. The number of hydrogen-bond donors (Lipinski definition) is 1. The second-order valence-corrected chi connectivity index (χ2v) is 6.40. The van der Waals surface area contributed by atoms with Crippen molar-refractivity contribution in [2.45, 2.75) is 13.1 Å². The maximum atomic E-state index is 6.01. The number of benzene rings is 2. The van der Waals surface area contributed by atoms with Crippen LogP contribution in [0.1, 0.15) is 11.4 Å². The summed E-state index contributed by atoms with van der Waals surface area (Å²) in [6.07, 6.45) is 1.72. The van der Waals surface area contributed by atoms with Crippen molar-refractivity contribution in [2.75, 3.05) is 7.11 Å². The lowest BCUT2D eigenvalue weighted by molar-refractivity contribution is 0.372. The molecule has 0 saturated heterocycles. The summed E-state index contributed by atoms with van der Waals surface area (Å²) >= 11 is 0. The molecule has 0 bridgehead atoms. The molecule has 0 unspecified atom stereocenters. The van der Waals surface area contributed by atoms with Gasteiger partial charge in [-0.2, -0.15) is 0 Å². The fourth-order valence-electron chi connectivity index (χ4n) is 3.12. The van der Waals surface area contributed by atoms with E-state index in [1.54, 1.807) is 13.3 Å². The highest BCUT2D eigenvalue weighted by Gasteiger charge is 2.11. The van der Waals surface area contributed by atoms with Gasteiger partial charge in [0.25, 0.3) is 0 Å². The van der Waals surface area contributed by atoms with E-state index in [9.17, 15) is 0 Å². The first-order chi connectivity index (χ1) is 13.8. The van der Waals surface area contributed by atoms with Gasteiger partial charge in [0.05, 0.1) is 24.7 Å². The summed E-state index contributed by atoms with van der Waals surface area (Å²) in [5.41, 5.74) is 3.09. The molecule has 0 atom stereocenters. The van der Waals surface area contributed by atoms with Crippen molar-refractivity contribution in [3.8, 4) is 17.4 Å². The Morgan fingerprint density at radius 1 is 0.929 bits per heavy atom. The smallest absolute Gasteiger partial charge is 0.223 e. The first-order valence-corrected chi connectivity index (χ1v) is 9.12. The van der Waals surface area contributed by atoms with Crippen LogP contribution >= 0.6 is 0 Å². The van der Waals surface area contributed by atoms with Gasteiger partial charge in [0.15, 0.2) is 11.5 Å². The summed E-state index contributed by atoms with van der Waals surface area (Å²) in [4.78, 5) is 9.08. The molecule has 2 aromatic carbocycles. The van der Waals surface area contributed by atoms with E-state index in [1.165, 1.54) is 0 Å². The van der Waals surface area contributed by atoms with Gasteiger partial charge in [-0.15, -0.1) is 0 Å². The van der Waals surface area contributed by atoms with Gasteiger partial charge in [0.2, 0.25) is 5.88 Å². The Balaban J connectivity index is 1.47. The van der Waals surface area contributed by atoms with Crippen LogP contribution in [0.2, 0.25) is 0 Å². The van der Waals surface area contributed by atoms with E-state index in [0.29, 0.717) is 30.5 Å². The monoisotopic (exact) mass is 374 g/mol. The first-order valence-electron chi connectivity index (χ1n) is 9.12. The summed E-state index contributed by atoms with van der Waals surface area (Å²) < 4.78 is 13.5. The normalized spacial score (nSPS) is 10.9. The second kappa shape index (κ2) is 8.10. The third-order valence-electron chi connectivity index (χ3n) is 4.60. The Morgan fingerprint density at radius 2 is 1.71 bits per heavy atom. The molecule has 4 rings (SSSR count). The number of imidazole rings is 1. The summed E-state index contributed by atoms with van der Waals surface area (Å²) in [6.45, 7) is 1.26. The predicted molar refractivity (Wildman–Crippen MR) is 109 cm³/mol. The van der Waals surface area contributed by atoms with Crippen LogP contribution in [-0.4, -0.2) is 21.6 Å². The van der Waals surface area contributed by atoms with Gasteiger partial charge in [-0.05, 0) is 30.3 Å². The standard InChI is InChI=1S/C22H22N4O2/c1-26-18-10-4-3-9-17(18)25-21(26)15-23-14-16-8-7-13-24-22(16)28-20-12-6-5-11-19(20)27-2/h3-13,23H,14-15H2,1-2H3. The molecule has 0 amide bonds. The number of methoxy groups -OCH3 is 1. The van der Waals surface area contributed by atoms with Crippen molar-refractivity contribution in [1.82, 2.24) is 19.9 Å². The highest BCUT2D eigenvalue weighted by molar-refractivity contribution is 5.75. The van der Waals surface area contributed by atoms with Gasteiger partial charge in [0.1, 0.15) is 5.82 Å². The molecule has 1 N–H and O–H groups in total. The van der Waals surface area contributed by atoms with E-state index in [1.807, 2.05) is 61.6 Å². The molecule has 0 radical (unpaired) electrons. The van der Waals surface area contributed by atoms with Crippen LogP contribution in [0.25, 0.3) is 11.0 Å². The number of fused-ring (bicyclic) bond motifs is 1. The SMILES string of the molecule is COc1ccccc1Oc1ncccc1CNCc1nc2ccccc2n1C.